The standard InChI is InChI=1S/C14H17N3O/c1-10-4-5-12(11(2)8-10)13-9-17(7-3-6-15)14(18)16-13/h4-5,8,13H,3,7,9H2,1-2H3,(H,16,18). The van der Waals surface area contributed by atoms with Crippen molar-refractivity contribution < 1.29 is 4.79 Å². The highest BCUT2D eigenvalue weighted by molar-refractivity contribution is 5.77. The summed E-state index contributed by atoms with van der Waals surface area (Å²) in [5.41, 5.74) is 3.58. The predicted octanol–water partition coefficient (Wildman–Crippen LogP) is 2.28. The van der Waals surface area contributed by atoms with Gasteiger partial charge in [-0.3, -0.25) is 0 Å². The van der Waals surface area contributed by atoms with Crippen LogP contribution in [0.4, 0.5) is 4.79 Å². The summed E-state index contributed by atoms with van der Waals surface area (Å²) in [7, 11) is 0. The van der Waals surface area contributed by atoms with E-state index in [2.05, 4.69) is 43.4 Å². The van der Waals surface area contributed by atoms with Crippen LogP contribution in [0.1, 0.15) is 29.2 Å². The number of carbonyl (C=O) groups excluding carboxylic acids is 1. The van der Waals surface area contributed by atoms with Crippen molar-refractivity contribution in [2.45, 2.75) is 26.3 Å². The van der Waals surface area contributed by atoms with E-state index in [-0.39, 0.29) is 12.1 Å². The number of amides is 2. The molecular formula is C14H17N3O. The minimum absolute atomic E-state index is 0.0387. The van der Waals surface area contributed by atoms with E-state index in [9.17, 15) is 4.79 Å². The lowest BCUT2D eigenvalue weighted by Gasteiger charge is -2.14. The lowest BCUT2D eigenvalue weighted by atomic mass is 10.00. The van der Waals surface area contributed by atoms with E-state index in [1.165, 1.54) is 11.1 Å². The van der Waals surface area contributed by atoms with Crippen LogP contribution in [-0.2, 0) is 0 Å². The second-order valence-electron chi connectivity index (χ2n) is 4.72. The Morgan fingerprint density at radius 2 is 2.28 bits per heavy atom. The molecule has 2 rings (SSSR count). The molecule has 0 aliphatic carbocycles. The van der Waals surface area contributed by atoms with Crippen LogP contribution in [0.25, 0.3) is 0 Å². The van der Waals surface area contributed by atoms with Gasteiger partial charge in [-0.1, -0.05) is 23.8 Å². The molecule has 1 atom stereocenters. The second kappa shape index (κ2) is 5.09. The number of aryl methyl sites for hydroxylation is 2. The number of nitrogens with one attached hydrogen (secondary N) is 1. The van der Waals surface area contributed by atoms with E-state index >= 15 is 0 Å². The van der Waals surface area contributed by atoms with Gasteiger partial charge in [0.05, 0.1) is 18.5 Å². The van der Waals surface area contributed by atoms with E-state index in [0.717, 1.165) is 5.56 Å². The molecule has 0 bridgehead atoms. The minimum Gasteiger partial charge on any atom is -0.329 e. The second-order valence-corrected chi connectivity index (χ2v) is 4.72. The highest BCUT2D eigenvalue weighted by Gasteiger charge is 2.29. The number of urea groups is 1. The average molecular weight is 243 g/mol. The van der Waals surface area contributed by atoms with Gasteiger partial charge in [0.15, 0.2) is 0 Å². The molecule has 1 unspecified atom stereocenters. The van der Waals surface area contributed by atoms with Gasteiger partial charge in [-0.2, -0.15) is 5.26 Å². The summed E-state index contributed by atoms with van der Waals surface area (Å²) in [5, 5.41) is 11.5. The summed E-state index contributed by atoms with van der Waals surface area (Å²) in [4.78, 5) is 13.4. The van der Waals surface area contributed by atoms with Gasteiger partial charge in [-0.15, -0.1) is 0 Å². The molecule has 1 aliphatic heterocycles. The van der Waals surface area contributed by atoms with Gasteiger partial charge in [0.25, 0.3) is 0 Å². The average Bonchev–Trinajstić information content (AvgIpc) is 2.68. The van der Waals surface area contributed by atoms with Crippen LogP contribution in [0, 0.1) is 25.2 Å². The van der Waals surface area contributed by atoms with E-state index in [1.807, 2.05) is 0 Å². The normalized spacial score (nSPS) is 18.6. The van der Waals surface area contributed by atoms with Gasteiger partial charge in [-0.25, -0.2) is 4.79 Å². The van der Waals surface area contributed by atoms with Crippen molar-refractivity contribution >= 4 is 6.03 Å². The Labute approximate surface area is 107 Å². The molecule has 1 fully saturated rings. The molecule has 1 heterocycles. The zero-order valence-electron chi connectivity index (χ0n) is 10.7. The molecule has 94 valence electrons. The summed E-state index contributed by atoms with van der Waals surface area (Å²) >= 11 is 0. The van der Waals surface area contributed by atoms with Gasteiger partial charge >= 0.3 is 6.03 Å². The first-order valence-corrected chi connectivity index (χ1v) is 6.11. The van der Waals surface area contributed by atoms with E-state index in [0.29, 0.717) is 19.5 Å². The smallest absolute Gasteiger partial charge is 0.318 e. The maximum Gasteiger partial charge on any atom is 0.318 e. The Balaban J connectivity index is 2.12. The molecule has 0 spiro atoms. The largest absolute Gasteiger partial charge is 0.329 e. The lowest BCUT2D eigenvalue weighted by Crippen LogP contribution is -2.28. The Hall–Kier alpha value is -2.02. The van der Waals surface area contributed by atoms with Gasteiger partial charge in [-0.05, 0) is 25.0 Å². The van der Waals surface area contributed by atoms with Crippen molar-refractivity contribution in [1.29, 1.82) is 5.26 Å². The molecule has 1 aliphatic rings. The third-order valence-corrected chi connectivity index (χ3v) is 3.28. The van der Waals surface area contributed by atoms with Crippen LogP contribution in [0.15, 0.2) is 18.2 Å². The fourth-order valence-electron chi connectivity index (χ4n) is 2.36. The minimum atomic E-state index is -0.0739. The number of carbonyl (C=O) groups is 1. The number of nitriles is 1. The lowest BCUT2D eigenvalue weighted by molar-refractivity contribution is 0.218. The molecule has 1 N–H and O–H groups in total. The summed E-state index contributed by atoms with van der Waals surface area (Å²) < 4.78 is 0. The van der Waals surface area contributed by atoms with Crippen LogP contribution >= 0.6 is 0 Å². The maximum absolute atomic E-state index is 11.7. The number of hydrogen-bond donors (Lipinski definition) is 1. The van der Waals surface area contributed by atoms with Crippen LogP contribution in [0.5, 0.6) is 0 Å². The molecule has 0 saturated carbocycles. The predicted molar refractivity (Wildman–Crippen MR) is 69.0 cm³/mol. The summed E-state index contributed by atoms with van der Waals surface area (Å²) in [6, 6.07) is 8.29. The van der Waals surface area contributed by atoms with Crippen molar-refractivity contribution in [3.8, 4) is 6.07 Å². The molecule has 4 heteroatoms. The zero-order valence-corrected chi connectivity index (χ0v) is 10.7. The van der Waals surface area contributed by atoms with Crippen molar-refractivity contribution in [1.82, 2.24) is 10.2 Å². The summed E-state index contributed by atoms with van der Waals surface area (Å²) in [6.07, 6.45) is 0.382. The Morgan fingerprint density at radius 3 is 2.94 bits per heavy atom. The highest BCUT2D eigenvalue weighted by Crippen LogP contribution is 2.24. The summed E-state index contributed by atoms with van der Waals surface area (Å²) in [6.45, 7) is 5.27. The van der Waals surface area contributed by atoms with Crippen molar-refractivity contribution in [2.75, 3.05) is 13.1 Å². The third-order valence-electron chi connectivity index (χ3n) is 3.28. The summed E-state index contributed by atoms with van der Waals surface area (Å²) in [5.74, 6) is 0. The van der Waals surface area contributed by atoms with Crippen molar-refractivity contribution in [3.05, 3.63) is 34.9 Å². The quantitative estimate of drug-likeness (QED) is 0.885. The van der Waals surface area contributed by atoms with Crippen LogP contribution < -0.4 is 5.32 Å². The molecule has 1 aromatic carbocycles. The van der Waals surface area contributed by atoms with E-state index < -0.39 is 0 Å². The maximum atomic E-state index is 11.7. The van der Waals surface area contributed by atoms with Crippen LogP contribution in [0.3, 0.4) is 0 Å². The first-order valence-electron chi connectivity index (χ1n) is 6.11. The first-order chi connectivity index (χ1) is 8.61. The monoisotopic (exact) mass is 243 g/mol. The highest BCUT2D eigenvalue weighted by atomic mass is 16.2. The van der Waals surface area contributed by atoms with Gasteiger partial charge in [0, 0.05) is 13.1 Å². The SMILES string of the molecule is Cc1ccc(C2CN(CCC#N)C(=O)N2)c(C)c1. The van der Waals surface area contributed by atoms with Crippen molar-refractivity contribution in [3.63, 3.8) is 0 Å². The van der Waals surface area contributed by atoms with Crippen LogP contribution in [-0.4, -0.2) is 24.0 Å². The molecule has 4 nitrogen and oxygen atoms in total. The van der Waals surface area contributed by atoms with Crippen LogP contribution in [0.2, 0.25) is 0 Å². The van der Waals surface area contributed by atoms with Crippen molar-refractivity contribution in [2.24, 2.45) is 0 Å². The van der Waals surface area contributed by atoms with Gasteiger partial charge in [0.2, 0.25) is 0 Å². The molecular weight excluding hydrogens is 226 g/mol. The number of benzene rings is 1. The molecule has 1 saturated heterocycles. The Kier molecular flexibility index (Phi) is 3.52. The Morgan fingerprint density at radius 1 is 1.50 bits per heavy atom. The molecule has 0 aromatic heterocycles. The Bertz CT molecular complexity index is 504. The fourth-order valence-corrected chi connectivity index (χ4v) is 2.36. The van der Waals surface area contributed by atoms with E-state index in [4.69, 9.17) is 5.26 Å². The third kappa shape index (κ3) is 2.45. The number of nitrogens with zero attached hydrogens (tertiary/aromatic N) is 2. The van der Waals surface area contributed by atoms with Gasteiger partial charge < -0.3 is 10.2 Å². The van der Waals surface area contributed by atoms with Gasteiger partial charge in [0.1, 0.15) is 0 Å². The zero-order chi connectivity index (χ0) is 13.1. The van der Waals surface area contributed by atoms with E-state index in [1.54, 1.807) is 4.90 Å². The molecule has 2 amide bonds. The fraction of sp³-hybridized carbons (Fsp3) is 0.429. The number of hydrogen-bond acceptors (Lipinski definition) is 2. The number of rotatable bonds is 3. The molecule has 0 radical (unpaired) electrons. The molecule has 1 aromatic rings. The molecule has 18 heavy (non-hydrogen) atoms. The topological polar surface area (TPSA) is 56.1 Å². The first kappa shape index (κ1) is 12.4.